The van der Waals surface area contributed by atoms with Crippen LogP contribution in [-0.2, 0) is 0 Å². The summed E-state index contributed by atoms with van der Waals surface area (Å²) in [5.74, 6) is -2.16. The van der Waals surface area contributed by atoms with Crippen molar-refractivity contribution in [3.63, 3.8) is 0 Å². The largest absolute Gasteiger partial charge is 0.477 e. The molecule has 0 fully saturated rings. The monoisotopic (exact) mass is 379 g/mol. The zero-order valence-corrected chi connectivity index (χ0v) is 12.6. The van der Waals surface area contributed by atoms with Crippen LogP contribution in [0.15, 0.2) is 28.7 Å². The molecule has 0 saturated carbocycles. The van der Waals surface area contributed by atoms with Crippen LogP contribution in [0.25, 0.3) is 0 Å². The summed E-state index contributed by atoms with van der Waals surface area (Å²) < 4.78 is 19.1. The molecule has 4 nitrogen and oxygen atoms in total. The van der Waals surface area contributed by atoms with Crippen LogP contribution >= 0.6 is 39.1 Å². The van der Waals surface area contributed by atoms with Gasteiger partial charge in [-0.2, -0.15) is 0 Å². The van der Waals surface area contributed by atoms with Crippen molar-refractivity contribution in [2.75, 3.05) is 0 Å². The summed E-state index contributed by atoms with van der Waals surface area (Å²) in [6.45, 7) is 0. The first-order chi connectivity index (χ1) is 9.38. The van der Waals surface area contributed by atoms with Crippen molar-refractivity contribution in [1.82, 2.24) is 4.98 Å². The number of pyridine rings is 1. The van der Waals surface area contributed by atoms with Crippen LogP contribution in [0.5, 0.6) is 11.6 Å². The molecule has 0 bridgehead atoms. The Kier molecular flexibility index (Phi) is 4.47. The van der Waals surface area contributed by atoms with Gasteiger partial charge < -0.3 is 9.84 Å². The van der Waals surface area contributed by atoms with E-state index in [1.165, 1.54) is 18.2 Å². The standard InChI is InChI=1S/C12H5BrCl2FNO3/c13-6-3-7(14)8(16)4-9(6)20-11-5(12(18)19)1-2-10(15)17-11/h1-4H,(H,18,19). The SMILES string of the molecule is O=C(O)c1ccc(Cl)nc1Oc1cc(F)c(Cl)cc1Br. The summed E-state index contributed by atoms with van der Waals surface area (Å²) >= 11 is 14.4. The molecule has 0 aliphatic rings. The lowest BCUT2D eigenvalue weighted by atomic mass is 10.2. The number of aromatic carboxylic acids is 1. The fourth-order valence-electron chi connectivity index (χ4n) is 1.35. The van der Waals surface area contributed by atoms with Crippen LogP contribution in [0.1, 0.15) is 10.4 Å². The zero-order valence-electron chi connectivity index (χ0n) is 9.53. The van der Waals surface area contributed by atoms with E-state index in [-0.39, 0.29) is 27.4 Å². The molecule has 1 aromatic heterocycles. The molecule has 0 aliphatic heterocycles. The third-order valence-corrected chi connectivity index (χ3v) is 3.36. The van der Waals surface area contributed by atoms with Crippen LogP contribution in [0.2, 0.25) is 10.2 Å². The average molecular weight is 381 g/mol. The molecule has 2 rings (SSSR count). The van der Waals surface area contributed by atoms with Gasteiger partial charge in [0.1, 0.15) is 22.3 Å². The maximum atomic E-state index is 13.4. The third kappa shape index (κ3) is 3.20. The molecule has 2 aromatic rings. The predicted octanol–water partition coefficient (Wildman–Crippen LogP) is 4.78. The first-order valence-corrected chi connectivity index (χ1v) is 6.65. The smallest absolute Gasteiger partial charge is 0.341 e. The topological polar surface area (TPSA) is 59.4 Å². The molecule has 0 amide bonds. The molecule has 0 aliphatic carbocycles. The predicted molar refractivity (Wildman–Crippen MR) is 75.4 cm³/mol. The minimum Gasteiger partial charge on any atom is -0.477 e. The molecular formula is C12H5BrCl2FNO3. The van der Waals surface area contributed by atoms with E-state index in [1.807, 2.05) is 0 Å². The second kappa shape index (κ2) is 5.95. The number of ether oxygens (including phenoxy) is 1. The van der Waals surface area contributed by atoms with Crippen LogP contribution in [0.4, 0.5) is 4.39 Å². The van der Waals surface area contributed by atoms with Crippen LogP contribution in [0, 0.1) is 5.82 Å². The maximum Gasteiger partial charge on any atom is 0.341 e. The molecule has 0 radical (unpaired) electrons. The second-order valence-electron chi connectivity index (χ2n) is 3.59. The lowest BCUT2D eigenvalue weighted by Crippen LogP contribution is -2.02. The number of nitrogens with zero attached hydrogens (tertiary/aromatic N) is 1. The zero-order chi connectivity index (χ0) is 14.9. The Hall–Kier alpha value is -1.37. The van der Waals surface area contributed by atoms with E-state index in [9.17, 15) is 9.18 Å². The third-order valence-electron chi connectivity index (χ3n) is 2.24. The Morgan fingerprint density at radius 2 is 2.05 bits per heavy atom. The fourth-order valence-corrected chi connectivity index (χ4v) is 2.20. The molecule has 0 unspecified atom stereocenters. The minimum absolute atomic E-state index is 0.0316. The van der Waals surface area contributed by atoms with Gasteiger partial charge >= 0.3 is 5.97 Å². The van der Waals surface area contributed by atoms with E-state index in [0.29, 0.717) is 4.47 Å². The number of carbonyl (C=O) groups is 1. The van der Waals surface area contributed by atoms with Crippen molar-refractivity contribution in [2.45, 2.75) is 0 Å². The Morgan fingerprint density at radius 1 is 1.35 bits per heavy atom. The summed E-state index contributed by atoms with van der Waals surface area (Å²) in [4.78, 5) is 14.8. The number of carboxylic acid groups (broad SMARTS) is 1. The van der Waals surface area contributed by atoms with Crippen molar-refractivity contribution < 1.29 is 19.0 Å². The maximum absolute atomic E-state index is 13.4. The summed E-state index contributed by atoms with van der Waals surface area (Å²) in [7, 11) is 0. The van der Waals surface area contributed by atoms with Crippen molar-refractivity contribution in [2.24, 2.45) is 0 Å². The van der Waals surface area contributed by atoms with E-state index in [0.717, 1.165) is 6.07 Å². The summed E-state index contributed by atoms with van der Waals surface area (Å²) in [5.41, 5.74) is -0.198. The number of aromatic nitrogens is 1. The molecule has 20 heavy (non-hydrogen) atoms. The van der Waals surface area contributed by atoms with Gasteiger partial charge in [-0.1, -0.05) is 23.2 Å². The second-order valence-corrected chi connectivity index (χ2v) is 5.24. The molecule has 1 aromatic carbocycles. The molecule has 8 heteroatoms. The molecule has 0 spiro atoms. The molecular weight excluding hydrogens is 376 g/mol. The Bertz CT molecular complexity index is 697. The van der Waals surface area contributed by atoms with Gasteiger partial charge in [0.15, 0.2) is 0 Å². The Balaban J connectivity index is 2.47. The van der Waals surface area contributed by atoms with Crippen LogP contribution in [-0.4, -0.2) is 16.1 Å². The molecule has 0 saturated heterocycles. The van der Waals surface area contributed by atoms with Crippen molar-refractivity contribution in [3.8, 4) is 11.6 Å². The van der Waals surface area contributed by atoms with Crippen LogP contribution in [0.3, 0.4) is 0 Å². The highest BCUT2D eigenvalue weighted by Gasteiger charge is 2.16. The Labute approximate surface area is 131 Å². The lowest BCUT2D eigenvalue weighted by Gasteiger charge is -2.10. The first-order valence-electron chi connectivity index (χ1n) is 5.10. The molecule has 0 atom stereocenters. The summed E-state index contributed by atoms with van der Waals surface area (Å²) in [5, 5.41) is 8.99. The van der Waals surface area contributed by atoms with Gasteiger partial charge in [0.25, 0.3) is 0 Å². The highest BCUT2D eigenvalue weighted by Crippen LogP contribution is 2.34. The number of rotatable bonds is 3. The van der Waals surface area contributed by atoms with E-state index < -0.39 is 11.8 Å². The summed E-state index contributed by atoms with van der Waals surface area (Å²) in [6.07, 6.45) is 0. The molecule has 104 valence electrons. The van der Waals surface area contributed by atoms with Crippen LogP contribution < -0.4 is 4.74 Å². The minimum atomic E-state index is -1.24. The fraction of sp³-hybridized carbons (Fsp3) is 0. The Morgan fingerprint density at radius 3 is 2.70 bits per heavy atom. The lowest BCUT2D eigenvalue weighted by molar-refractivity contribution is 0.0693. The van der Waals surface area contributed by atoms with Gasteiger partial charge in [-0.15, -0.1) is 0 Å². The van der Waals surface area contributed by atoms with Crippen molar-refractivity contribution in [1.29, 1.82) is 0 Å². The van der Waals surface area contributed by atoms with E-state index >= 15 is 0 Å². The van der Waals surface area contributed by atoms with E-state index in [4.69, 9.17) is 33.0 Å². The number of benzene rings is 1. The number of carboxylic acids is 1. The quantitative estimate of drug-likeness (QED) is 0.614. The van der Waals surface area contributed by atoms with E-state index in [1.54, 1.807) is 0 Å². The normalized spacial score (nSPS) is 10.4. The first kappa shape index (κ1) is 15.0. The summed E-state index contributed by atoms with van der Waals surface area (Å²) in [6, 6.07) is 4.86. The van der Waals surface area contributed by atoms with Gasteiger partial charge in [-0.05, 0) is 34.1 Å². The highest BCUT2D eigenvalue weighted by molar-refractivity contribution is 9.10. The van der Waals surface area contributed by atoms with Gasteiger partial charge in [0, 0.05) is 6.07 Å². The van der Waals surface area contributed by atoms with Gasteiger partial charge in [-0.25, -0.2) is 14.2 Å². The van der Waals surface area contributed by atoms with Crippen molar-refractivity contribution in [3.05, 3.63) is 50.3 Å². The van der Waals surface area contributed by atoms with E-state index in [2.05, 4.69) is 20.9 Å². The molecule has 1 N–H and O–H groups in total. The average Bonchev–Trinajstić information content (AvgIpc) is 2.35. The van der Waals surface area contributed by atoms with Gasteiger partial charge in [-0.3, -0.25) is 0 Å². The highest BCUT2D eigenvalue weighted by atomic mass is 79.9. The van der Waals surface area contributed by atoms with Crippen molar-refractivity contribution >= 4 is 45.1 Å². The number of halogens is 4. The number of hydrogen-bond donors (Lipinski definition) is 1. The molecule has 1 heterocycles. The van der Waals surface area contributed by atoms with Gasteiger partial charge in [0.2, 0.25) is 5.88 Å². The number of hydrogen-bond acceptors (Lipinski definition) is 3. The van der Waals surface area contributed by atoms with Gasteiger partial charge in [0.05, 0.1) is 9.50 Å².